The van der Waals surface area contributed by atoms with Gasteiger partial charge in [0.05, 0.1) is 5.92 Å². The molecule has 0 aromatic heterocycles. The summed E-state index contributed by atoms with van der Waals surface area (Å²) in [6.45, 7) is 6.28. The molecule has 1 atom stereocenters. The predicted octanol–water partition coefficient (Wildman–Crippen LogP) is 0.592. The van der Waals surface area contributed by atoms with E-state index in [2.05, 4.69) is 18.7 Å². The van der Waals surface area contributed by atoms with Crippen molar-refractivity contribution >= 4 is 5.91 Å². The number of piperidine rings is 1. The summed E-state index contributed by atoms with van der Waals surface area (Å²) >= 11 is 0. The lowest BCUT2D eigenvalue weighted by Gasteiger charge is -2.33. The maximum absolute atomic E-state index is 10.9. The molecule has 0 aromatic carbocycles. The van der Waals surface area contributed by atoms with Gasteiger partial charge in [-0.3, -0.25) is 4.79 Å². The van der Waals surface area contributed by atoms with E-state index in [-0.39, 0.29) is 11.8 Å². The van der Waals surface area contributed by atoms with Crippen molar-refractivity contribution in [3.05, 3.63) is 0 Å². The third-order valence-electron chi connectivity index (χ3n) is 2.59. The van der Waals surface area contributed by atoms with Crippen LogP contribution >= 0.6 is 0 Å². The molecule has 3 heteroatoms. The molecular weight excluding hydrogens is 152 g/mol. The fraction of sp³-hybridized carbons (Fsp3) is 0.889. The minimum absolute atomic E-state index is 0.0844. The highest BCUT2D eigenvalue weighted by Crippen LogP contribution is 2.17. The van der Waals surface area contributed by atoms with Gasteiger partial charge in [0.1, 0.15) is 0 Å². The molecule has 0 spiro atoms. The number of hydrogen-bond acceptors (Lipinski definition) is 2. The molecule has 1 rings (SSSR count). The SMILES string of the molecule is CC(C)N1CCC[C@H](C(N)=O)C1. The van der Waals surface area contributed by atoms with E-state index in [0.29, 0.717) is 6.04 Å². The second-order valence-electron chi connectivity index (χ2n) is 3.83. The Bertz CT molecular complexity index is 168. The van der Waals surface area contributed by atoms with Crippen molar-refractivity contribution in [3.8, 4) is 0 Å². The van der Waals surface area contributed by atoms with Gasteiger partial charge in [0.25, 0.3) is 0 Å². The number of carbonyl (C=O) groups is 1. The molecular formula is C9H18N2O. The predicted molar refractivity (Wildman–Crippen MR) is 48.6 cm³/mol. The Kier molecular flexibility index (Phi) is 3.09. The number of nitrogens with two attached hydrogens (primary N) is 1. The first-order chi connectivity index (χ1) is 5.61. The van der Waals surface area contributed by atoms with Gasteiger partial charge >= 0.3 is 0 Å². The molecule has 1 saturated heterocycles. The first-order valence-electron chi connectivity index (χ1n) is 4.64. The number of carbonyl (C=O) groups excluding carboxylic acids is 1. The molecule has 2 N–H and O–H groups in total. The van der Waals surface area contributed by atoms with Crippen LogP contribution in [0.1, 0.15) is 26.7 Å². The minimum atomic E-state index is -0.139. The van der Waals surface area contributed by atoms with Crippen LogP contribution in [0.25, 0.3) is 0 Å². The van der Waals surface area contributed by atoms with Gasteiger partial charge in [-0.25, -0.2) is 0 Å². The zero-order chi connectivity index (χ0) is 9.14. The van der Waals surface area contributed by atoms with Gasteiger partial charge in [-0.2, -0.15) is 0 Å². The highest BCUT2D eigenvalue weighted by molar-refractivity contribution is 5.76. The first kappa shape index (κ1) is 9.52. The molecule has 1 aliphatic heterocycles. The Morgan fingerprint density at radius 1 is 1.58 bits per heavy atom. The van der Waals surface area contributed by atoms with Crippen molar-refractivity contribution in [1.29, 1.82) is 0 Å². The largest absolute Gasteiger partial charge is 0.369 e. The summed E-state index contributed by atoms with van der Waals surface area (Å²) in [5, 5.41) is 0. The van der Waals surface area contributed by atoms with Crippen molar-refractivity contribution in [2.24, 2.45) is 11.7 Å². The summed E-state index contributed by atoms with van der Waals surface area (Å²) in [6.07, 6.45) is 2.07. The lowest BCUT2D eigenvalue weighted by atomic mass is 9.96. The number of amides is 1. The summed E-state index contributed by atoms with van der Waals surface area (Å²) in [5.74, 6) is -0.0542. The van der Waals surface area contributed by atoms with E-state index in [1.54, 1.807) is 0 Å². The number of nitrogens with zero attached hydrogens (tertiary/aromatic N) is 1. The van der Waals surface area contributed by atoms with E-state index in [4.69, 9.17) is 5.73 Å². The Morgan fingerprint density at radius 3 is 2.75 bits per heavy atom. The van der Waals surface area contributed by atoms with E-state index in [0.717, 1.165) is 25.9 Å². The van der Waals surface area contributed by atoms with Crippen LogP contribution in [0.15, 0.2) is 0 Å². The van der Waals surface area contributed by atoms with Crippen molar-refractivity contribution in [1.82, 2.24) is 4.90 Å². The third-order valence-corrected chi connectivity index (χ3v) is 2.59. The van der Waals surface area contributed by atoms with E-state index in [1.807, 2.05) is 0 Å². The third kappa shape index (κ3) is 2.21. The quantitative estimate of drug-likeness (QED) is 0.659. The van der Waals surface area contributed by atoms with Gasteiger partial charge in [0, 0.05) is 12.6 Å². The fourth-order valence-corrected chi connectivity index (χ4v) is 1.71. The van der Waals surface area contributed by atoms with Gasteiger partial charge in [0.15, 0.2) is 0 Å². The summed E-state index contributed by atoms with van der Waals surface area (Å²) < 4.78 is 0. The average Bonchev–Trinajstić information content (AvgIpc) is 2.04. The van der Waals surface area contributed by atoms with E-state index >= 15 is 0 Å². The van der Waals surface area contributed by atoms with E-state index in [9.17, 15) is 4.79 Å². The molecule has 3 nitrogen and oxygen atoms in total. The fourth-order valence-electron chi connectivity index (χ4n) is 1.71. The molecule has 0 saturated carbocycles. The summed E-state index contributed by atoms with van der Waals surface area (Å²) in [5.41, 5.74) is 5.26. The lowest BCUT2D eigenvalue weighted by Crippen LogP contribution is -2.44. The van der Waals surface area contributed by atoms with Gasteiger partial charge in [0.2, 0.25) is 5.91 Å². The Hall–Kier alpha value is -0.570. The van der Waals surface area contributed by atoms with Gasteiger partial charge < -0.3 is 10.6 Å². The van der Waals surface area contributed by atoms with Crippen molar-refractivity contribution < 1.29 is 4.79 Å². The van der Waals surface area contributed by atoms with Gasteiger partial charge in [-0.15, -0.1) is 0 Å². The van der Waals surface area contributed by atoms with Crippen molar-refractivity contribution in [3.63, 3.8) is 0 Å². The summed E-state index contributed by atoms with van der Waals surface area (Å²) in [7, 11) is 0. The number of likely N-dealkylation sites (tertiary alicyclic amines) is 1. The summed E-state index contributed by atoms with van der Waals surface area (Å²) in [6, 6.07) is 0.534. The van der Waals surface area contributed by atoms with Crippen LogP contribution in [-0.2, 0) is 4.79 Å². The molecule has 0 unspecified atom stereocenters. The average molecular weight is 170 g/mol. The normalized spacial score (nSPS) is 26.1. The van der Waals surface area contributed by atoms with Crippen molar-refractivity contribution in [2.45, 2.75) is 32.7 Å². The number of rotatable bonds is 2. The monoisotopic (exact) mass is 170 g/mol. The van der Waals surface area contributed by atoms with E-state index < -0.39 is 0 Å². The van der Waals surface area contributed by atoms with Gasteiger partial charge in [-0.1, -0.05) is 0 Å². The molecule has 1 fully saturated rings. The molecule has 70 valence electrons. The molecule has 0 radical (unpaired) electrons. The van der Waals surface area contributed by atoms with Crippen molar-refractivity contribution in [2.75, 3.05) is 13.1 Å². The molecule has 1 amide bonds. The number of primary amides is 1. The zero-order valence-electron chi connectivity index (χ0n) is 7.92. The second-order valence-corrected chi connectivity index (χ2v) is 3.83. The van der Waals surface area contributed by atoms with Crippen LogP contribution in [0.3, 0.4) is 0 Å². The van der Waals surface area contributed by atoms with E-state index in [1.165, 1.54) is 0 Å². The van der Waals surface area contributed by atoms with Crippen LogP contribution in [0, 0.1) is 5.92 Å². The highest BCUT2D eigenvalue weighted by Gasteiger charge is 2.24. The molecule has 1 heterocycles. The maximum Gasteiger partial charge on any atom is 0.221 e. The lowest BCUT2D eigenvalue weighted by molar-refractivity contribution is -0.123. The van der Waals surface area contributed by atoms with Crippen LogP contribution in [0.2, 0.25) is 0 Å². The highest BCUT2D eigenvalue weighted by atomic mass is 16.1. The van der Waals surface area contributed by atoms with Crippen LogP contribution < -0.4 is 5.73 Å². The maximum atomic E-state index is 10.9. The molecule has 1 aliphatic rings. The zero-order valence-corrected chi connectivity index (χ0v) is 7.92. The Labute approximate surface area is 73.9 Å². The number of hydrogen-bond donors (Lipinski definition) is 1. The smallest absolute Gasteiger partial charge is 0.221 e. The van der Waals surface area contributed by atoms with Crippen LogP contribution in [0.4, 0.5) is 0 Å². The molecule has 0 aliphatic carbocycles. The van der Waals surface area contributed by atoms with Gasteiger partial charge in [-0.05, 0) is 33.2 Å². The topological polar surface area (TPSA) is 46.3 Å². The second kappa shape index (κ2) is 3.90. The molecule has 0 aromatic rings. The summed E-state index contributed by atoms with van der Waals surface area (Å²) in [4.78, 5) is 13.2. The van der Waals surface area contributed by atoms with Crippen LogP contribution in [0.5, 0.6) is 0 Å². The molecule has 0 bridgehead atoms. The Balaban J connectivity index is 2.46. The first-order valence-corrected chi connectivity index (χ1v) is 4.64. The van der Waals surface area contributed by atoms with Crippen LogP contribution in [-0.4, -0.2) is 29.9 Å². The standard InChI is InChI=1S/C9H18N2O/c1-7(2)11-5-3-4-8(6-11)9(10)12/h7-8H,3-6H2,1-2H3,(H2,10,12)/t8-/m0/s1. The minimum Gasteiger partial charge on any atom is -0.369 e. The Morgan fingerprint density at radius 2 is 2.25 bits per heavy atom. The molecule has 12 heavy (non-hydrogen) atoms.